The predicted molar refractivity (Wildman–Crippen MR) is 56.8 cm³/mol. The molecule has 0 saturated heterocycles. The van der Waals surface area contributed by atoms with Gasteiger partial charge in [-0.25, -0.2) is 0 Å². The second kappa shape index (κ2) is 4.59. The molecule has 13 heavy (non-hydrogen) atoms. The van der Waals surface area contributed by atoms with E-state index in [-0.39, 0.29) is 0 Å². The molecule has 0 aromatic carbocycles. The van der Waals surface area contributed by atoms with Gasteiger partial charge in [0, 0.05) is 5.16 Å². The zero-order chi connectivity index (χ0) is 10.7. The van der Waals surface area contributed by atoms with E-state index >= 15 is 0 Å². The maximum atomic E-state index is 9.24. The molecule has 0 aromatic heterocycles. The van der Waals surface area contributed by atoms with Gasteiger partial charge in [-0.2, -0.15) is 0 Å². The van der Waals surface area contributed by atoms with Crippen LogP contribution in [-0.2, 0) is 0 Å². The van der Waals surface area contributed by atoms with E-state index < -0.39 is 12.7 Å². The molecule has 0 amide bonds. The first-order valence-corrected chi connectivity index (χ1v) is 6.46. The summed E-state index contributed by atoms with van der Waals surface area (Å²) >= 11 is 0. The summed E-state index contributed by atoms with van der Waals surface area (Å²) in [5, 5.41) is 6.61. The van der Waals surface area contributed by atoms with Gasteiger partial charge in [0.05, 0.1) is 0 Å². The Kier molecular flexibility index (Phi) is 4.64. The Hall–Kier alpha value is 0.150. The standard InChI is InChI=1S/C9H22NO2P/c1-8(2)6-5-7-9(3,4)13(10,11)12/h8H,5-7H2,1-4H3,(H3,10,11,12). The van der Waals surface area contributed by atoms with Crippen LogP contribution in [0.5, 0.6) is 0 Å². The van der Waals surface area contributed by atoms with E-state index in [1.165, 1.54) is 0 Å². The van der Waals surface area contributed by atoms with E-state index in [1.807, 2.05) is 0 Å². The van der Waals surface area contributed by atoms with Gasteiger partial charge in [0.1, 0.15) is 0 Å². The fourth-order valence-corrected chi connectivity index (χ4v) is 1.57. The summed E-state index contributed by atoms with van der Waals surface area (Å²) < 4.78 is 0. The third-order valence-electron chi connectivity index (χ3n) is 2.41. The van der Waals surface area contributed by atoms with E-state index in [0.717, 1.165) is 19.3 Å². The summed E-state index contributed by atoms with van der Waals surface area (Å²) in [6, 6.07) is 0. The van der Waals surface area contributed by atoms with Gasteiger partial charge in [0.2, 0.25) is 7.51 Å². The maximum absolute atomic E-state index is 9.24. The van der Waals surface area contributed by atoms with Crippen LogP contribution in [0.25, 0.3) is 0 Å². The van der Waals surface area contributed by atoms with Crippen molar-refractivity contribution in [3.63, 3.8) is 0 Å². The SMILES string of the molecule is CC(C)CCCC(C)(C)P(=N)(O)O. The van der Waals surface area contributed by atoms with Crippen molar-refractivity contribution in [1.29, 1.82) is 5.16 Å². The molecule has 0 aliphatic carbocycles. The van der Waals surface area contributed by atoms with Crippen LogP contribution in [0.1, 0.15) is 47.0 Å². The molecule has 4 heteroatoms. The van der Waals surface area contributed by atoms with Crippen molar-refractivity contribution in [2.24, 2.45) is 5.92 Å². The number of rotatable bonds is 5. The van der Waals surface area contributed by atoms with Crippen molar-refractivity contribution < 1.29 is 9.79 Å². The van der Waals surface area contributed by atoms with Crippen LogP contribution >= 0.6 is 7.51 Å². The van der Waals surface area contributed by atoms with Gasteiger partial charge < -0.3 is 9.79 Å². The van der Waals surface area contributed by atoms with Crippen LogP contribution in [0.2, 0.25) is 0 Å². The van der Waals surface area contributed by atoms with E-state index in [2.05, 4.69) is 13.8 Å². The fraction of sp³-hybridized carbons (Fsp3) is 1.00. The van der Waals surface area contributed by atoms with Crippen molar-refractivity contribution in [2.45, 2.75) is 52.1 Å². The normalized spacial score (nSPS) is 13.8. The highest BCUT2D eigenvalue weighted by Crippen LogP contribution is 2.53. The van der Waals surface area contributed by atoms with Crippen LogP contribution in [0.4, 0.5) is 0 Å². The fourth-order valence-electron chi connectivity index (χ4n) is 1.10. The molecule has 0 unspecified atom stereocenters. The van der Waals surface area contributed by atoms with E-state index in [9.17, 15) is 9.79 Å². The molecule has 0 saturated carbocycles. The van der Waals surface area contributed by atoms with Crippen LogP contribution in [0.15, 0.2) is 0 Å². The minimum atomic E-state index is -3.43. The third-order valence-corrected chi connectivity index (χ3v) is 4.33. The molecule has 0 aliphatic heterocycles. The molecule has 0 atom stereocenters. The van der Waals surface area contributed by atoms with Crippen molar-refractivity contribution >= 4 is 7.51 Å². The van der Waals surface area contributed by atoms with Crippen LogP contribution in [0.3, 0.4) is 0 Å². The lowest BCUT2D eigenvalue weighted by atomic mass is 10.0. The van der Waals surface area contributed by atoms with Gasteiger partial charge in [-0.15, -0.1) is 0 Å². The molecule has 0 bridgehead atoms. The Bertz CT molecular complexity index is 196. The molecule has 0 heterocycles. The Morgan fingerprint density at radius 3 is 2.08 bits per heavy atom. The van der Waals surface area contributed by atoms with Crippen molar-refractivity contribution in [3.05, 3.63) is 0 Å². The third kappa shape index (κ3) is 4.80. The zero-order valence-electron chi connectivity index (χ0n) is 9.04. The minimum Gasteiger partial charge on any atom is -0.339 e. The molecular weight excluding hydrogens is 185 g/mol. The van der Waals surface area contributed by atoms with Gasteiger partial charge in [0.15, 0.2) is 0 Å². The summed E-state index contributed by atoms with van der Waals surface area (Å²) in [5.74, 6) is 0.645. The summed E-state index contributed by atoms with van der Waals surface area (Å²) in [6.45, 7) is 7.81. The molecule has 0 radical (unpaired) electrons. The average molecular weight is 207 g/mol. The molecule has 0 rings (SSSR count). The molecule has 3 N–H and O–H groups in total. The van der Waals surface area contributed by atoms with E-state index in [0.29, 0.717) is 5.92 Å². The van der Waals surface area contributed by atoms with E-state index in [1.54, 1.807) is 13.8 Å². The lowest BCUT2D eigenvalue weighted by Crippen LogP contribution is -2.19. The van der Waals surface area contributed by atoms with Gasteiger partial charge in [-0.3, -0.25) is 5.16 Å². The topological polar surface area (TPSA) is 64.3 Å². The quantitative estimate of drug-likeness (QED) is 0.606. The van der Waals surface area contributed by atoms with Gasteiger partial charge >= 0.3 is 0 Å². The van der Waals surface area contributed by atoms with Crippen LogP contribution in [-0.4, -0.2) is 14.9 Å². The molecule has 0 spiro atoms. The average Bonchev–Trinajstić information content (AvgIpc) is 1.82. The first kappa shape index (κ1) is 13.2. The molecular formula is C9H22NO2P. The highest BCUT2D eigenvalue weighted by atomic mass is 31.2. The van der Waals surface area contributed by atoms with Crippen LogP contribution < -0.4 is 0 Å². The lowest BCUT2D eigenvalue weighted by Gasteiger charge is -2.29. The smallest absolute Gasteiger partial charge is 0.210 e. The minimum absolute atomic E-state index is 0.637. The number of nitrogens with one attached hydrogen (secondary N) is 1. The summed E-state index contributed by atoms with van der Waals surface area (Å²) in [5.41, 5.74) is 0. The van der Waals surface area contributed by atoms with Crippen molar-refractivity contribution in [3.8, 4) is 0 Å². The number of hydrogen-bond acceptors (Lipinski definition) is 1. The van der Waals surface area contributed by atoms with Crippen molar-refractivity contribution in [1.82, 2.24) is 0 Å². The monoisotopic (exact) mass is 207 g/mol. The summed E-state index contributed by atoms with van der Waals surface area (Å²) in [4.78, 5) is 18.5. The summed E-state index contributed by atoms with van der Waals surface area (Å²) in [7, 11) is -3.43. The van der Waals surface area contributed by atoms with E-state index in [4.69, 9.17) is 5.16 Å². The Balaban J connectivity index is 3.98. The molecule has 3 nitrogen and oxygen atoms in total. The first-order valence-electron chi connectivity index (χ1n) is 4.76. The van der Waals surface area contributed by atoms with Crippen LogP contribution in [0, 0.1) is 11.1 Å². The predicted octanol–water partition coefficient (Wildman–Crippen LogP) is 3.19. The molecule has 0 aromatic rings. The van der Waals surface area contributed by atoms with Gasteiger partial charge in [0.25, 0.3) is 0 Å². The maximum Gasteiger partial charge on any atom is 0.210 e. The lowest BCUT2D eigenvalue weighted by molar-refractivity contribution is 0.391. The first-order chi connectivity index (χ1) is 5.67. The van der Waals surface area contributed by atoms with Crippen molar-refractivity contribution in [2.75, 3.05) is 0 Å². The summed E-state index contributed by atoms with van der Waals surface area (Å²) in [6.07, 6.45) is 2.77. The molecule has 0 aliphatic rings. The Morgan fingerprint density at radius 2 is 1.77 bits per heavy atom. The zero-order valence-corrected chi connectivity index (χ0v) is 9.93. The second-order valence-corrected chi connectivity index (χ2v) is 7.11. The van der Waals surface area contributed by atoms with Gasteiger partial charge in [-0.1, -0.05) is 40.5 Å². The second-order valence-electron chi connectivity index (χ2n) is 4.70. The Labute approximate surface area is 81.2 Å². The molecule has 80 valence electrons. The number of hydrogen-bond donors (Lipinski definition) is 3. The highest BCUT2D eigenvalue weighted by molar-refractivity contribution is 7.54. The van der Waals surface area contributed by atoms with Gasteiger partial charge in [-0.05, 0) is 12.3 Å². The molecule has 0 fully saturated rings. The Morgan fingerprint density at radius 1 is 1.31 bits per heavy atom. The highest BCUT2D eigenvalue weighted by Gasteiger charge is 2.32. The largest absolute Gasteiger partial charge is 0.339 e.